The molecule has 0 atom stereocenters. The highest BCUT2D eigenvalue weighted by molar-refractivity contribution is 6.15. The van der Waals surface area contributed by atoms with E-state index >= 15 is 0 Å². The summed E-state index contributed by atoms with van der Waals surface area (Å²) in [5.41, 5.74) is 12.3. The van der Waals surface area contributed by atoms with Crippen LogP contribution in [0, 0.1) is 0 Å². The van der Waals surface area contributed by atoms with Crippen LogP contribution in [0.4, 0.5) is 0 Å². The Morgan fingerprint density at radius 1 is 0.212 bits per heavy atom. The second-order valence-electron chi connectivity index (χ2n) is 20.5. The van der Waals surface area contributed by atoms with Gasteiger partial charge in [-0.3, -0.25) is 9.13 Å². The lowest BCUT2D eigenvalue weighted by molar-refractivity contribution is 0.952. The number of fused-ring (bicyclic) bond motifs is 13. The molecule has 6 heterocycles. The van der Waals surface area contributed by atoms with E-state index in [1.165, 1.54) is 0 Å². The standard InChI is InChI=1S/C72H44N8/c1-2-23-46(24-3-1)68-73-69(48-43-42-45-22-4-5-25-47(45)44-48)75-70(74-68)65-66(77-57-34-14-6-26-49(57)50-27-7-15-35-58(50)77)71(79-61-38-18-10-30-53(61)54-31-11-19-39-62(54)79)76-72(80-63-40-20-12-32-55(63)56-33-13-21-41-64(56)80)67(65)78-59-36-16-8-28-51(59)52-29-9-17-37-60(52)78/h1-44H. The number of para-hydroxylation sites is 8. The molecule has 0 radical (unpaired) electrons. The molecule has 6 aromatic heterocycles. The molecule has 0 aliphatic rings. The van der Waals surface area contributed by atoms with E-state index in [-0.39, 0.29) is 0 Å². The Balaban J connectivity index is 1.19. The Morgan fingerprint density at radius 3 is 0.900 bits per heavy atom. The maximum Gasteiger partial charge on any atom is 0.168 e. The minimum atomic E-state index is 0.488. The van der Waals surface area contributed by atoms with Crippen molar-refractivity contribution < 1.29 is 0 Å². The van der Waals surface area contributed by atoms with Gasteiger partial charge in [0, 0.05) is 54.2 Å². The number of hydrogen-bond donors (Lipinski definition) is 0. The van der Waals surface area contributed by atoms with Crippen LogP contribution >= 0.6 is 0 Å². The van der Waals surface area contributed by atoms with E-state index in [1.54, 1.807) is 0 Å². The van der Waals surface area contributed by atoms with Crippen LogP contribution in [0.25, 0.3) is 155 Å². The lowest BCUT2D eigenvalue weighted by Crippen LogP contribution is -2.17. The van der Waals surface area contributed by atoms with Crippen molar-refractivity contribution in [3.8, 4) is 57.2 Å². The molecule has 17 aromatic rings. The summed E-state index contributed by atoms with van der Waals surface area (Å²) in [4.78, 5) is 23.5. The van der Waals surface area contributed by atoms with Crippen molar-refractivity contribution in [3.63, 3.8) is 0 Å². The Hall–Kier alpha value is -11.0. The van der Waals surface area contributed by atoms with Gasteiger partial charge in [0.15, 0.2) is 29.1 Å². The fraction of sp³-hybridized carbons (Fsp3) is 0. The molecule has 0 aliphatic heterocycles. The highest BCUT2D eigenvalue weighted by atomic mass is 15.2. The third kappa shape index (κ3) is 6.44. The number of aromatic nitrogens is 8. The summed E-state index contributed by atoms with van der Waals surface area (Å²) in [6.45, 7) is 0. The van der Waals surface area contributed by atoms with Gasteiger partial charge < -0.3 is 9.13 Å². The van der Waals surface area contributed by atoms with E-state index in [1.807, 2.05) is 6.07 Å². The van der Waals surface area contributed by atoms with E-state index in [0.717, 1.165) is 126 Å². The van der Waals surface area contributed by atoms with Crippen LogP contribution in [0.15, 0.2) is 267 Å². The van der Waals surface area contributed by atoms with Crippen LogP contribution in [0.3, 0.4) is 0 Å². The molecule has 372 valence electrons. The predicted octanol–water partition coefficient (Wildman–Crippen LogP) is 17.8. The van der Waals surface area contributed by atoms with E-state index in [9.17, 15) is 0 Å². The fourth-order valence-corrected chi connectivity index (χ4v) is 12.8. The largest absolute Gasteiger partial charge is 0.305 e. The summed E-state index contributed by atoms with van der Waals surface area (Å²) in [7, 11) is 0. The monoisotopic (exact) mass is 1020 g/mol. The van der Waals surface area contributed by atoms with Gasteiger partial charge in [-0.05, 0) is 65.4 Å². The molecule has 11 aromatic carbocycles. The molecular formula is C72H44N8. The predicted molar refractivity (Wildman–Crippen MR) is 329 cm³/mol. The molecule has 0 amide bonds. The fourth-order valence-electron chi connectivity index (χ4n) is 12.8. The number of rotatable bonds is 7. The number of pyridine rings is 1. The van der Waals surface area contributed by atoms with Crippen molar-refractivity contribution in [1.82, 2.24) is 38.2 Å². The molecular weight excluding hydrogens is 977 g/mol. The molecule has 8 heteroatoms. The van der Waals surface area contributed by atoms with Gasteiger partial charge in [0.1, 0.15) is 11.4 Å². The van der Waals surface area contributed by atoms with Gasteiger partial charge in [-0.15, -0.1) is 0 Å². The van der Waals surface area contributed by atoms with Gasteiger partial charge in [0.05, 0.1) is 49.7 Å². The average Bonchev–Trinajstić information content (AvgIpc) is 4.05. The topological polar surface area (TPSA) is 71.3 Å². The molecule has 0 saturated heterocycles. The van der Waals surface area contributed by atoms with Gasteiger partial charge in [-0.2, -0.15) is 0 Å². The Labute approximate surface area is 458 Å². The van der Waals surface area contributed by atoms with E-state index in [4.69, 9.17) is 19.9 Å². The molecule has 0 saturated carbocycles. The minimum absolute atomic E-state index is 0.488. The van der Waals surface area contributed by atoms with Gasteiger partial charge in [0.25, 0.3) is 0 Å². The zero-order chi connectivity index (χ0) is 52.4. The first-order chi connectivity index (χ1) is 39.7. The van der Waals surface area contributed by atoms with Gasteiger partial charge >= 0.3 is 0 Å². The molecule has 0 fully saturated rings. The quantitative estimate of drug-likeness (QED) is 0.159. The molecule has 17 rings (SSSR count). The summed E-state index contributed by atoms with van der Waals surface area (Å²) in [6, 6.07) is 95.1. The Kier molecular flexibility index (Phi) is 9.54. The first-order valence-electron chi connectivity index (χ1n) is 27.1. The van der Waals surface area contributed by atoms with E-state index in [2.05, 4.69) is 279 Å². The smallest absolute Gasteiger partial charge is 0.168 e. The first kappa shape index (κ1) is 44.2. The van der Waals surface area contributed by atoms with Crippen LogP contribution in [0.2, 0.25) is 0 Å². The molecule has 8 nitrogen and oxygen atoms in total. The molecule has 80 heavy (non-hydrogen) atoms. The highest BCUT2D eigenvalue weighted by Crippen LogP contribution is 2.48. The lowest BCUT2D eigenvalue weighted by Gasteiger charge is -2.26. The number of hydrogen-bond acceptors (Lipinski definition) is 4. The highest BCUT2D eigenvalue weighted by Gasteiger charge is 2.34. The summed E-state index contributed by atoms with van der Waals surface area (Å²) >= 11 is 0. The third-order valence-corrected chi connectivity index (χ3v) is 16.2. The lowest BCUT2D eigenvalue weighted by atomic mass is 10.1. The maximum absolute atomic E-state index is 6.39. The number of nitrogens with zero attached hydrogens (tertiary/aromatic N) is 8. The Morgan fingerprint density at radius 2 is 0.512 bits per heavy atom. The van der Waals surface area contributed by atoms with Crippen molar-refractivity contribution in [1.29, 1.82) is 0 Å². The van der Waals surface area contributed by atoms with Crippen molar-refractivity contribution in [2.75, 3.05) is 0 Å². The summed E-state index contributed by atoms with van der Waals surface area (Å²) in [6.07, 6.45) is 0. The zero-order valence-electron chi connectivity index (χ0n) is 43.0. The molecule has 0 N–H and O–H groups in total. The second-order valence-corrected chi connectivity index (χ2v) is 20.5. The molecule has 0 spiro atoms. The second kappa shape index (κ2) is 17.3. The van der Waals surface area contributed by atoms with Crippen LogP contribution in [0.1, 0.15) is 0 Å². The molecule has 0 aliphatic carbocycles. The van der Waals surface area contributed by atoms with Crippen molar-refractivity contribution >= 4 is 98.0 Å². The average molecular weight is 1020 g/mol. The Bertz CT molecular complexity index is 4920. The van der Waals surface area contributed by atoms with Crippen LogP contribution in [-0.4, -0.2) is 38.2 Å². The summed E-state index contributed by atoms with van der Waals surface area (Å²) in [5, 5.41) is 11.2. The van der Waals surface area contributed by atoms with Crippen LogP contribution in [0.5, 0.6) is 0 Å². The van der Waals surface area contributed by atoms with Gasteiger partial charge in [-0.25, -0.2) is 19.9 Å². The normalized spacial score (nSPS) is 12.0. The maximum atomic E-state index is 6.39. The molecule has 0 unspecified atom stereocenters. The van der Waals surface area contributed by atoms with Gasteiger partial charge in [0.2, 0.25) is 0 Å². The summed E-state index contributed by atoms with van der Waals surface area (Å²) in [5.74, 6) is 3.00. The van der Waals surface area contributed by atoms with E-state index < -0.39 is 0 Å². The minimum Gasteiger partial charge on any atom is -0.305 e. The zero-order valence-corrected chi connectivity index (χ0v) is 43.0. The van der Waals surface area contributed by atoms with Crippen LogP contribution in [-0.2, 0) is 0 Å². The SMILES string of the molecule is c1ccc(-c2nc(-c3ccc4ccccc4c3)nc(-c3c(-n4c5ccccc5c5ccccc54)c(-n4c5ccccc5c5ccccc54)nc(-n4c5ccccc5c5ccccc54)c3-n3c4ccccc4c4ccccc43)n2)cc1. The third-order valence-electron chi connectivity index (χ3n) is 16.2. The van der Waals surface area contributed by atoms with Crippen molar-refractivity contribution in [3.05, 3.63) is 267 Å². The van der Waals surface area contributed by atoms with Crippen molar-refractivity contribution in [2.24, 2.45) is 0 Å². The van der Waals surface area contributed by atoms with Crippen molar-refractivity contribution in [2.45, 2.75) is 0 Å². The summed E-state index contributed by atoms with van der Waals surface area (Å²) < 4.78 is 9.62. The molecule has 0 bridgehead atoms. The first-order valence-corrected chi connectivity index (χ1v) is 27.1. The number of benzene rings is 11. The van der Waals surface area contributed by atoms with E-state index in [0.29, 0.717) is 29.1 Å². The van der Waals surface area contributed by atoms with Gasteiger partial charge in [-0.1, -0.05) is 212 Å². The van der Waals surface area contributed by atoms with Crippen LogP contribution < -0.4 is 0 Å².